The highest BCUT2D eigenvalue weighted by molar-refractivity contribution is 5.68. The molecule has 0 fully saturated rings. The van der Waals surface area contributed by atoms with Gasteiger partial charge in [-0.15, -0.1) is 0 Å². The lowest BCUT2D eigenvalue weighted by Gasteiger charge is -2.14. The van der Waals surface area contributed by atoms with Crippen LogP contribution in [0.5, 0.6) is 0 Å². The standard InChI is InChI=1S/C14H5F9/c1-2-3-6(15)4(8(17)11(20)7(3)16)5-9(18)12(21)14(23)13(22)10(5)19/h2H2,1H3. The zero-order chi connectivity index (χ0) is 17.6. The molecule has 124 valence electrons. The van der Waals surface area contributed by atoms with Crippen LogP contribution in [0.25, 0.3) is 11.1 Å². The molecule has 2 rings (SSSR count). The van der Waals surface area contributed by atoms with E-state index in [0.29, 0.717) is 0 Å². The van der Waals surface area contributed by atoms with Crippen molar-refractivity contribution < 1.29 is 39.5 Å². The van der Waals surface area contributed by atoms with Crippen molar-refractivity contribution in [2.45, 2.75) is 13.3 Å². The lowest BCUT2D eigenvalue weighted by Crippen LogP contribution is -2.10. The van der Waals surface area contributed by atoms with Gasteiger partial charge < -0.3 is 0 Å². The summed E-state index contributed by atoms with van der Waals surface area (Å²) in [6, 6.07) is 0. The Morgan fingerprint density at radius 2 is 0.739 bits per heavy atom. The Morgan fingerprint density at radius 1 is 0.435 bits per heavy atom. The maximum atomic E-state index is 14.1. The van der Waals surface area contributed by atoms with Crippen LogP contribution < -0.4 is 0 Å². The Morgan fingerprint density at radius 3 is 1.13 bits per heavy atom. The van der Waals surface area contributed by atoms with Crippen molar-refractivity contribution in [3.8, 4) is 11.1 Å². The van der Waals surface area contributed by atoms with Gasteiger partial charge >= 0.3 is 0 Å². The minimum atomic E-state index is -2.56. The molecule has 0 bridgehead atoms. The van der Waals surface area contributed by atoms with Gasteiger partial charge in [-0.1, -0.05) is 6.92 Å². The van der Waals surface area contributed by atoms with Crippen LogP contribution in [0.3, 0.4) is 0 Å². The third-order valence-electron chi connectivity index (χ3n) is 3.17. The van der Waals surface area contributed by atoms with Crippen LogP contribution in [0.2, 0.25) is 0 Å². The predicted octanol–water partition coefficient (Wildman–Crippen LogP) is 5.17. The van der Waals surface area contributed by atoms with E-state index in [2.05, 4.69) is 0 Å². The van der Waals surface area contributed by atoms with Crippen molar-refractivity contribution in [3.63, 3.8) is 0 Å². The second-order valence-corrected chi connectivity index (χ2v) is 4.41. The fraction of sp³-hybridized carbons (Fsp3) is 0.143. The molecule has 0 nitrogen and oxygen atoms in total. The number of rotatable bonds is 2. The number of benzene rings is 2. The molecular formula is C14H5F9. The van der Waals surface area contributed by atoms with E-state index >= 15 is 0 Å². The van der Waals surface area contributed by atoms with Crippen LogP contribution in [0.4, 0.5) is 39.5 Å². The minimum absolute atomic E-state index is 0.558. The van der Waals surface area contributed by atoms with Gasteiger partial charge in [-0.25, -0.2) is 39.5 Å². The van der Waals surface area contributed by atoms with Crippen LogP contribution in [0.15, 0.2) is 0 Å². The summed E-state index contributed by atoms with van der Waals surface area (Å²) < 4.78 is 121. The van der Waals surface area contributed by atoms with Crippen LogP contribution >= 0.6 is 0 Å². The Balaban J connectivity index is 3.03. The minimum Gasteiger partial charge on any atom is -0.206 e. The third kappa shape index (κ3) is 2.34. The Bertz CT molecular complexity index is 782. The monoisotopic (exact) mass is 344 g/mol. The molecule has 0 saturated carbocycles. The summed E-state index contributed by atoms with van der Waals surface area (Å²) in [6.45, 7) is 1.11. The quantitative estimate of drug-likeness (QED) is 0.401. The van der Waals surface area contributed by atoms with Gasteiger partial charge in [0.1, 0.15) is 5.82 Å². The highest BCUT2D eigenvalue weighted by Crippen LogP contribution is 2.37. The van der Waals surface area contributed by atoms with Gasteiger partial charge in [0, 0.05) is 5.56 Å². The summed E-state index contributed by atoms with van der Waals surface area (Å²) in [5.74, 6) is -21.2. The second kappa shape index (κ2) is 5.78. The van der Waals surface area contributed by atoms with Crippen molar-refractivity contribution in [2.24, 2.45) is 0 Å². The van der Waals surface area contributed by atoms with Crippen molar-refractivity contribution >= 4 is 0 Å². The summed E-state index contributed by atoms with van der Waals surface area (Å²) in [6.07, 6.45) is -0.558. The molecule has 0 atom stereocenters. The molecule has 0 amide bonds. The van der Waals surface area contributed by atoms with E-state index in [9.17, 15) is 39.5 Å². The maximum Gasteiger partial charge on any atom is 0.200 e. The van der Waals surface area contributed by atoms with Crippen LogP contribution in [0, 0.1) is 52.4 Å². The van der Waals surface area contributed by atoms with E-state index < -0.39 is 75.5 Å². The van der Waals surface area contributed by atoms with Crippen molar-refractivity contribution in [3.05, 3.63) is 57.9 Å². The summed E-state index contributed by atoms with van der Waals surface area (Å²) in [7, 11) is 0. The molecule has 9 heteroatoms. The van der Waals surface area contributed by atoms with E-state index in [1.54, 1.807) is 0 Å². The molecule has 0 aliphatic rings. The lowest BCUT2D eigenvalue weighted by molar-refractivity contribution is 0.379. The SMILES string of the molecule is CCc1c(F)c(F)c(F)c(-c2c(F)c(F)c(F)c(F)c2F)c1F. The molecule has 0 aliphatic carbocycles. The Labute approximate surface area is 123 Å². The number of hydrogen-bond acceptors (Lipinski definition) is 0. The Kier molecular flexibility index (Phi) is 4.32. The molecule has 2 aromatic rings. The molecule has 2 aromatic carbocycles. The summed E-state index contributed by atoms with van der Waals surface area (Å²) in [5, 5.41) is 0. The first-order valence-corrected chi connectivity index (χ1v) is 6.01. The molecule has 0 aromatic heterocycles. The van der Waals surface area contributed by atoms with E-state index in [0.717, 1.165) is 6.92 Å². The van der Waals surface area contributed by atoms with Gasteiger partial charge in [-0.2, -0.15) is 0 Å². The third-order valence-corrected chi connectivity index (χ3v) is 3.17. The zero-order valence-electron chi connectivity index (χ0n) is 11.1. The molecule has 0 saturated heterocycles. The smallest absolute Gasteiger partial charge is 0.200 e. The molecular weight excluding hydrogens is 339 g/mol. The normalized spacial score (nSPS) is 11.2. The number of halogens is 9. The highest BCUT2D eigenvalue weighted by atomic mass is 19.2. The topological polar surface area (TPSA) is 0 Å². The van der Waals surface area contributed by atoms with E-state index in [1.165, 1.54) is 0 Å². The van der Waals surface area contributed by atoms with E-state index in [1.807, 2.05) is 0 Å². The van der Waals surface area contributed by atoms with Crippen molar-refractivity contribution in [1.29, 1.82) is 0 Å². The van der Waals surface area contributed by atoms with Gasteiger partial charge in [0.05, 0.1) is 11.1 Å². The van der Waals surface area contributed by atoms with Gasteiger partial charge in [0.15, 0.2) is 40.7 Å². The predicted molar refractivity (Wildman–Crippen MR) is 60.9 cm³/mol. The zero-order valence-corrected chi connectivity index (χ0v) is 11.1. The first-order valence-electron chi connectivity index (χ1n) is 6.01. The maximum absolute atomic E-state index is 14.1. The molecule has 0 unspecified atom stereocenters. The van der Waals surface area contributed by atoms with Crippen LogP contribution in [-0.4, -0.2) is 0 Å². The summed E-state index contributed by atoms with van der Waals surface area (Å²) >= 11 is 0. The molecule has 23 heavy (non-hydrogen) atoms. The highest BCUT2D eigenvalue weighted by Gasteiger charge is 2.33. The first kappa shape index (κ1) is 17.2. The van der Waals surface area contributed by atoms with Crippen LogP contribution in [0.1, 0.15) is 12.5 Å². The summed E-state index contributed by atoms with van der Waals surface area (Å²) in [4.78, 5) is 0. The van der Waals surface area contributed by atoms with Gasteiger partial charge in [-0.3, -0.25) is 0 Å². The molecule has 0 heterocycles. The first-order chi connectivity index (χ1) is 10.6. The van der Waals surface area contributed by atoms with Crippen LogP contribution in [-0.2, 0) is 6.42 Å². The average molecular weight is 344 g/mol. The Hall–Kier alpha value is -2.19. The molecule has 0 spiro atoms. The molecule has 0 radical (unpaired) electrons. The van der Waals surface area contributed by atoms with Crippen molar-refractivity contribution in [1.82, 2.24) is 0 Å². The fourth-order valence-electron chi connectivity index (χ4n) is 2.04. The van der Waals surface area contributed by atoms with Gasteiger partial charge in [0.25, 0.3) is 0 Å². The number of hydrogen-bond donors (Lipinski definition) is 0. The van der Waals surface area contributed by atoms with Gasteiger partial charge in [0.2, 0.25) is 5.82 Å². The average Bonchev–Trinajstić information content (AvgIpc) is 2.52. The van der Waals surface area contributed by atoms with Crippen molar-refractivity contribution in [2.75, 3.05) is 0 Å². The largest absolute Gasteiger partial charge is 0.206 e. The van der Waals surface area contributed by atoms with Gasteiger partial charge in [-0.05, 0) is 6.42 Å². The second-order valence-electron chi connectivity index (χ2n) is 4.41. The van der Waals surface area contributed by atoms with E-state index in [-0.39, 0.29) is 0 Å². The molecule has 0 aliphatic heterocycles. The summed E-state index contributed by atoms with van der Waals surface area (Å²) in [5.41, 5.74) is -4.97. The lowest BCUT2D eigenvalue weighted by atomic mass is 9.97. The van der Waals surface area contributed by atoms with E-state index in [4.69, 9.17) is 0 Å². The molecule has 0 N–H and O–H groups in total. The fourth-order valence-corrected chi connectivity index (χ4v) is 2.04.